The normalized spacial score (nSPS) is 18.4. The third-order valence-electron chi connectivity index (χ3n) is 3.67. The quantitative estimate of drug-likeness (QED) is 0.761. The zero-order valence-electron chi connectivity index (χ0n) is 11.3. The second-order valence-electron chi connectivity index (χ2n) is 5.78. The van der Waals surface area contributed by atoms with Gasteiger partial charge in [0.2, 0.25) is 0 Å². The van der Waals surface area contributed by atoms with Gasteiger partial charge in [-0.2, -0.15) is 0 Å². The van der Waals surface area contributed by atoms with Gasteiger partial charge >= 0.3 is 0 Å². The molecule has 1 unspecified atom stereocenters. The molecule has 2 heteroatoms. The van der Waals surface area contributed by atoms with Crippen molar-refractivity contribution in [2.24, 2.45) is 5.41 Å². The van der Waals surface area contributed by atoms with Crippen molar-refractivity contribution < 1.29 is 0 Å². The average molecular weight is 264 g/mol. The van der Waals surface area contributed by atoms with Crippen molar-refractivity contribution in [3.05, 3.63) is 47.0 Å². The largest absolute Gasteiger partial charge is 0.313 e. The van der Waals surface area contributed by atoms with E-state index in [1.54, 1.807) is 0 Å². The topological polar surface area (TPSA) is 12.0 Å². The van der Waals surface area contributed by atoms with Crippen LogP contribution >= 0.6 is 11.6 Å². The third-order valence-corrected chi connectivity index (χ3v) is 4.02. The fourth-order valence-electron chi connectivity index (χ4n) is 2.10. The molecule has 1 fully saturated rings. The van der Waals surface area contributed by atoms with Crippen molar-refractivity contribution in [1.82, 2.24) is 5.32 Å². The van der Waals surface area contributed by atoms with Gasteiger partial charge in [-0.3, -0.25) is 0 Å². The van der Waals surface area contributed by atoms with Gasteiger partial charge in [0, 0.05) is 23.0 Å². The van der Waals surface area contributed by atoms with Crippen molar-refractivity contribution in [1.29, 1.82) is 0 Å². The Labute approximate surface area is 115 Å². The van der Waals surface area contributed by atoms with Crippen LogP contribution in [0.2, 0.25) is 5.02 Å². The zero-order chi connectivity index (χ0) is 13.2. The fraction of sp³-hybridized carbons (Fsp3) is 0.500. The highest BCUT2D eigenvalue weighted by Gasteiger charge is 2.27. The molecule has 1 atom stereocenters. The van der Waals surface area contributed by atoms with Gasteiger partial charge in [-0.1, -0.05) is 36.7 Å². The molecule has 0 radical (unpaired) electrons. The summed E-state index contributed by atoms with van der Waals surface area (Å²) in [5.41, 5.74) is 2.49. The lowest BCUT2D eigenvalue weighted by atomic mass is 9.83. The standard InChI is InChI=1S/C16H22ClN/c1-4-16(3,11-18-14-7-8-14)10-13-6-5-12(2)9-15(13)17/h4-6,9,14,18H,1,7-8,10-11H2,2-3H3. The van der Waals surface area contributed by atoms with E-state index < -0.39 is 0 Å². The summed E-state index contributed by atoms with van der Waals surface area (Å²) in [5.74, 6) is 0. The minimum absolute atomic E-state index is 0.0709. The Morgan fingerprint density at radius 2 is 2.22 bits per heavy atom. The lowest BCUT2D eigenvalue weighted by molar-refractivity contribution is 0.389. The molecular formula is C16H22ClN. The predicted octanol–water partition coefficient (Wildman–Crippen LogP) is 4.14. The molecule has 1 saturated carbocycles. The SMILES string of the molecule is C=CC(C)(CNC1CC1)Cc1ccc(C)cc1Cl. The van der Waals surface area contributed by atoms with Crippen LogP contribution in [0.4, 0.5) is 0 Å². The summed E-state index contributed by atoms with van der Waals surface area (Å²) < 4.78 is 0. The van der Waals surface area contributed by atoms with Crippen LogP contribution in [0.3, 0.4) is 0 Å². The molecule has 1 aromatic carbocycles. The Hall–Kier alpha value is -0.790. The second kappa shape index (κ2) is 5.46. The number of rotatable bonds is 6. The first-order valence-corrected chi connectivity index (χ1v) is 7.02. The summed E-state index contributed by atoms with van der Waals surface area (Å²) in [4.78, 5) is 0. The summed E-state index contributed by atoms with van der Waals surface area (Å²) in [6.45, 7) is 9.28. The maximum absolute atomic E-state index is 6.31. The van der Waals surface area contributed by atoms with Crippen LogP contribution in [0, 0.1) is 12.3 Å². The van der Waals surface area contributed by atoms with Gasteiger partial charge in [0.25, 0.3) is 0 Å². The van der Waals surface area contributed by atoms with Crippen molar-refractivity contribution in [3.63, 3.8) is 0 Å². The molecule has 0 amide bonds. The first-order chi connectivity index (χ1) is 8.52. The van der Waals surface area contributed by atoms with Gasteiger partial charge in [-0.15, -0.1) is 6.58 Å². The van der Waals surface area contributed by atoms with E-state index in [4.69, 9.17) is 11.6 Å². The van der Waals surface area contributed by atoms with E-state index >= 15 is 0 Å². The summed E-state index contributed by atoms with van der Waals surface area (Å²) in [6, 6.07) is 7.03. The Morgan fingerprint density at radius 1 is 1.50 bits per heavy atom. The molecule has 0 spiro atoms. The first kappa shape index (κ1) is 13.6. The molecule has 1 aliphatic rings. The molecule has 98 valence electrons. The van der Waals surface area contributed by atoms with Crippen LogP contribution in [-0.2, 0) is 6.42 Å². The minimum Gasteiger partial charge on any atom is -0.313 e. The second-order valence-corrected chi connectivity index (χ2v) is 6.19. The summed E-state index contributed by atoms with van der Waals surface area (Å²) in [7, 11) is 0. The lowest BCUT2D eigenvalue weighted by Crippen LogP contribution is -2.33. The molecule has 1 aliphatic carbocycles. The number of hydrogen-bond donors (Lipinski definition) is 1. The maximum Gasteiger partial charge on any atom is 0.0440 e. The van der Waals surface area contributed by atoms with E-state index in [9.17, 15) is 0 Å². The van der Waals surface area contributed by atoms with E-state index in [0.29, 0.717) is 0 Å². The van der Waals surface area contributed by atoms with Crippen molar-refractivity contribution in [2.45, 2.75) is 39.2 Å². The number of hydrogen-bond acceptors (Lipinski definition) is 1. The number of nitrogens with one attached hydrogen (secondary N) is 1. The van der Waals surface area contributed by atoms with Gasteiger partial charge in [-0.05, 0) is 43.4 Å². The van der Waals surface area contributed by atoms with Crippen LogP contribution in [-0.4, -0.2) is 12.6 Å². The summed E-state index contributed by atoms with van der Waals surface area (Å²) in [6.07, 6.45) is 5.63. The van der Waals surface area contributed by atoms with E-state index in [0.717, 1.165) is 24.0 Å². The highest BCUT2D eigenvalue weighted by atomic mass is 35.5. The fourth-order valence-corrected chi connectivity index (χ4v) is 2.40. The van der Waals surface area contributed by atoms with Crippen molar-refractivity contribution in [2.75, 3.05) is 6.54 Å². The molecule has 0 aromatic heterocycles. The molecule has 1 N–H and O–H groups in total. The smallest absolute Gasteiger partial charge is 0.0440 e. The Bertz CT molecular complexity index is 437. The summed E-state index contributed by atoms with van der Waals surface area (Å²) >= 11 is 6.31. The number of halogens is 1. The van der Waals surface area contributed by atoms with Gasteiger partial charge in [0.15, 0.2) is 0 Å². The minimum atomic E-state index is 0.0709. The maximum atomic E-state index is 6.31. The molecule has 2 rings (SSSR count). The third kappa shape index (κ3) is 3.60. The molecule has 18 heavy (non-hydrogen) atoms. The highest BCUT2D eigenvalue weighted by molar-refractivity contribution is 6.31. The first-order valence-electron chi connectivity index (χ1n) is 6.64. The lowest BCUT2D eigenvalue weighted by Gasteiger charge is -2.27. The number of benzene rings is 1. The molecule has 0 saturated heterocycles. The molecular weight excluding hydrogens is 242 g/mol. The Morgan fingerprint density at radius 3 is 2.78 bits per heavy atom. The van der Waals surface area contributed by atoms with Gasteiger partial charge in [-0.25, -0.2) is 0 Å². The monoisotopic (exact) mass is 263 g/mol. The van der Waals surface area contributed by atoms with Crippen LogP contribution < -0.4 is 5.32 Å². The number of aryl methyl sites for hydroxylation is 1. The van der Waals surface area contributed by atoms with Crippen LogP contribution in [0.15, 0.2) is 30.9 Å². The van der Waals surface area contributed by atoms with E-state index in [1.165, 1.54) is 24.0 Å². The van der Waals surface area contributed by atoms with E-state index in [-0.39, 0.29) is 5.41 Å². The highest BCUT2D eigenvalue weighted by Crippen LogP contribution is 2.29. The van der Waals surface area contributed by atoms with Crippen LogP contribution in [0.25, 0.3) is 0 Å². The van der Waals surface area contributed by atoms with Crippen LogP contribution in [0.1, 0.15) is 30.9 Å². The molecule has 0 aliphatic heterocycles. The Kier molecular flexibility index (Phi) is 4.14. The zero-order valence-corrected chi connectivity index (χ0v) is 12.1. The summed E-state index contributed by atoms with van der Waals surface area (Å²) in [5, 5.41) is 4.45. The van der Waals surface area contributed by atoms with Gasteiger partial charge < -0.3 is 5.32 Å². The van der Waals surface area contributed by atoms with Crippen molar-refractivity contribution in [3.8, 4) is 0 Å². The predicted molar refractivity (Wildman–Crippen MR) is 79.2 cm³/mol. The van der Waals surface area contributed by atoms with Crippen LogP contribution in [0.5, 0.6) is 0 Å². The van der Waals surface area contributed by atoms with Crippen molar-refractivity contribution >= 4 is 11.6 Å². The van der Waals surface area contributed by atoms with Gasteiger partial charge in [0.05, 0.1) is 0 Å². The molecule has 0 heterocycles. The average Bonchev–Trinajstić information content (AvgIpc) is 3.14. The molecule has 1 aromatic rings. The van der Waals surface area contributed by atoms with E-state index in [2.05, 4.69) is 44.0 Å². The Balaban J connectivity index is 2.05. The van der Waals surface area contributed by atoms with E-state index in [1.807, 2.05) is 6.07 Å². The van der Waals surface area contributed by atoms with Gasteiger partial charge in [0.1, 0.15) is 0 Å². The molecule has 0 bridgehead atoms. The molecule has 1 nitrogen and oxygen atoms in total.